The second-order valence-electron chi connectivity index (χ2n) is 12.8. The first-order valence-electron chi connectivity index (χ1n) is 13.9. The van der Waals surface area contributed by atoms with E-state index in [2.05, 4.69) is 33.0 Å². The van der Waals surface area contributed by atoms with Crippen molar-refractivity contribution in [2.24, 2.45) is 52.3 Å². The zero-order chi connectivity index (χ0) is 24.8. The molecule has 0 aromatic rings. The number of fused-ring (bicyclic) bond motifs is 5. The molecule has 6 heteroatoms. The zero-order valence-corrected chi connectivity index (χ0v) is 21.6. The predicted octanol–water partition coefficient (Wildman–Crippen LogP) is 4.23. The van der Waals surface area contributed by atoms with Crippen molar-refractivity contribution in [2.75, 3.05) is 6.54 Å². The molecule has 0 aromatic heterocycles. The summed E-state index contributed by atoms with van der Waals surface area (Å²) in [5.41, 5.74) is 0.409. The van der Waals surface area contributed by atoms with E-state index in [-0.39, 0.29) is 41.4 Å². The molecule has 0 heterocycles. The number of hydrogen-bond acceptors (Lipinski definition) is 4. The van der Waals surface area contributed by atoms with Gasteiger partial charge >= 0.3 is 5.97 Å². The fraction of sp³-hybridized carbons (Fsp3) is 0.929. The Hall–Kier alpha value is -1.14. The summed E-state index contributed by atoms with van der Waals surface area (Å²) < 4.78 is 0. The molecule has 4 rings (SSSR count). The third-order valence-electron chi connectivity index (χ3n) is 11.4. The highest BCUT2D eigenvalue weighted by atomic mass is 16.4. The number of aliphatic hydroxyl groups excluding tert-OH is 2. The third-order valence-corrected chi connectivity index (χ3v) is 11.4. The largest absolute Gasteiger partial charge is 0.480 e. The normalized spacial score (nSPS) is 46.6. The molecule has 0 spiro atoms. The highest BCUT2D eigenvalue weighted by Crippen LogP contribution is 2.69. The van der Waals surface area contributed by atoms with Crippen molar-refractivity contribution in [1.82, 2.24) is 5.32 Å². The van der Waals surface area contributed by atoms with E-state index < -0.39 is 5.97 Å². The van der Waals surface area contributed by atoms with E-state index in [1.54, 1.807) is 0 Å². The molecular formula is C28H47NO5. The minimum atomic E-state index is -1.01. The van der Waals surface area contributed by atoms with Crippen molar-refractivity contribution in [3.63, 3.8) is 0 Å². The van der Waals surface area contributed by atoms with Crippen LogP contribution in [0.2, 0.25) is 0 Å². The number of rotatable bonds is 7. The van der Waals surface area contributed by atoms with Gasteiger partial charge in [-0.05, 0) is 104 Å². The van der Waals surface area contributed by atoms with Crippen molar-refractivity contribution < 1.29 is 24.9 Å². The molecular weight excluding hydrogens is 430 g/mol. The van der Waals surface area contributed by atoms with Gasteiger partial charge in [-0.3, -0.25) is 9.59 Å². The topological polar surface area (TPSA) is 107 Å². The highest BCUT2D eigenvalue weighted by Gasteiger charge is 2.64. The number of carbonyl (C=O) groups is 2. The Morgan fingerprint density at radius 3 is 2.35 bits per heavy atom. The molecule has 0 radical (unpaired) electrons. The minimum Gasteiger partial charge on any atom is -0.480 e. The number of aliphatic hydroxyl groups is 2. The lowest BCUT2D eigenvalue weighted by molar-refractivity contribution is -0.203. The van der Waals surface area contributed by atoms with Gasteiger partial charge in [-0.1, -0.05) is 34.1 Å². The molecule has 0 bridgehead atoms. The number of aliphatic carboxylic acids is 1. The summed E-state index contributed by atoms with van der Waals surface area (Å²) in [6, 6.07) is 0. The molecule has 0 saturated heterocycles. The summed E-state index contributed by atoms with van der Waals surface area (Å²) in [5.74, 6) is 1.85. The predicted molar refractivity (Wildman–Crippen MR) is 131 cm³/mol. The van der Waals surface area contributed by atoms with Crippen LogP contribution in [0.15, 0.2) is 0 Å². The molecule has 0 aliphatic heterocycles. The maximum Gasteiger partial charge on any atom is 0.322 e. The van der Waals surface area contributed by atoms with Crippen LogP contribution >= 0.6 is 0 Å². The number of nitrogens with one attached hydrogen (secondary N) is 1. The van der Waals surface area contributed by atoms with Gasteiger partial charge in [-0.15, -0.1) is 0 Å². The van der Waals surface area contributed by atoms with E-state index in [0.717, 1.165) is 51.4 Å². The average Bonchev–Trinajstić information content (AvgIpc) is 3.14. The Balaban J connectivity index is 1.49. The van der Waals surface area contributed by atoms with Gasteiger partial charge in [-0.25, -0.2) is 0 Å². The number of carboxylic acids is 1. The Kier molecular flexibility index (Phi) is 7.42. The van der Waals surface area contributed by atoms with Crippen molar-refractivity contribution in [3.05, 3.63) is 0 Å². The van der Waals surface area contributed by atoms with E-state index in [4.69, 9.17) is 5.11 Å². The summed E-state index contributed by atoms with van der Waals surface area (Å²) >= 11 is 0. The SMILES string of the molecule is CC[C@H]1[C@@H](O)[C@@H]2[C@H](CC[C@]3(C)[C@@H]([C@H](C)CCC(=O)NCC(=O)O)CC[C@@H]23)[C@@]2(C)CC[C@@H](O)C[C@@H]12. The van der Waals surface area contributed by atoms with Crippen LogP contribution in [-0.4, -0.2) is 45.9 Å². The van der Waals surface area contributed by atoms with Gasteiger partial charge in [0.25, 0.3) is 0 Å². The second kappa shape index (κ2) is 9.72. The number of hydrogen-bond donors (Lipinski definition) is 4. The van der Waals surface area contributed by atoms with Crippen LogP contribution in [0.5, 0.6) is 0 Å². The minimum absolute atomic E-state index is 0.176. The maximum atomic E-state index is 12.1. The fourth-order valence-electron chi connectivity index (χ4n) is 9.76. The molecule has 34 heavy (non-hydrogen) atoms. The van der Waals surface area contributed by atoms with Crippen LogP contribution in [0.3, 0.4) is 0 Å². The number of amides is 1. The molecule has 4 fully saturated rings. The standard InChI is InChI=1S/C28H47NO5/c1-5-18-22-14-17(30)10-12-28(22,4)21-11-13-27(3)19(7-8-20(27)25(21)26(18)34)16(2)6-9-23(31)29-15-24(32)33/h16-22,25-26,30,34H,5-15H2,1-4H3,(H,29,31)(H,32,33)/t16-,17-,18-,19-,20+,21+,22+,25+,26-,27-,28-/m1/s1. The summed E-state index contributed by atoms with van der Waals surface area (Å²) in [6.07, 6.45) is 9.14. The Bertz CT molecular complexity index is 772. The summed E-state index contributed by atoms with van der Waals surface area (Å²) in [7, 11) is 0. The van der Waals surface area contributed by atoms with Crippen LogP contribution in [0.25, 0.3) is 0 Å². The lowest BCUT2D eigenvalue weighted by Crippen LogP contribution is -2.62. The van der Waals surface area contributed by atoms with Crippen LogP contribution in [0.4, 0.5) is 0 Å². The quantitative estimate of drug-likeness (QED) is 0.439. The smallest absolute Gasteiger partial charge is 0.322 e. The van der Waals surface area contributed by atoms with Gasteiger partial charge in [0.1, 0.15) is 6.54 Å². The first-order valence-corrected chi connectivity index (χ1v) is 13.9. The van der Waals surface area contributed by atoms with Gasteiger partial charge in [0, 0.05) is 6.42 Å². The highest BCUT2D eigenvalue weighted by molar-refractivity contribution is 5.81. The van der Waals surface area contributed by atoms with E-state index in [1.165, 1.54) is 6.42 Å². The first kappa shape index (κ1) is 25.9. The Morgan fingerprint density at radius 2 is 1.68 bits per heavy atom. The first-order chi connectivity index (χ1) is 16.0. The van der Waals surface area contributed by atoms with Crippen LogP contribution in [-0.2, 0) is 9.59 Å². The lowest BCUT2D eigenvalue weighted by atomic mass is 9.41. The lowest BCUT2D eigenvalue weighted by Gasteiger charge is -2.64. The van der Waals surface area contributed by atoms with E-state index in [9.17, 15) is 19.8 Å². The Labute approximate surface area is 205 Å². The molecule has 194 valence electrons. The molecule has 4 N–H and O–H groups in total. The number of carboxylic acid groups (broad SMARTS) is 1. The van der Waals surface area contributed by atoms with Crippen molar-refractivity contribution in [2.45, 2.75) is 104 Å². The molecule has 0 unspecified atom stereocenters. The molecule has 11 atom stereocenters. The molecule has 4 saturated carbocycles. The summed E-state index contributed by atoms with van der Waals surface area (Å²) in [4.78, 5) is 22.8. The molecule has 1 amide bonds. The maximum absolute atomic E-state index is 12.1. The van der Waals surface area contributed by atoms with E-state index >= 15 is 0 Å². The average molecular weight is 478 g/mol. The third kappa shape index (κ3) is 4.31. The summed E-state index contributed by atoms with van der Waals surface area (Å²) in [5, 5.41) is 33.5. The van der Waals surface area contributed by atoms with Gasteiger partial charge in [0.2, 0.25) is 5.91 Å². The van der Waals surface area contributed by atoms with Gasteiger partial charge in [0.15, 0.2) is 0 Å². The van der Waals surface area contributed by atoms with Crippen molar-refractivity contribution >= 4 is 11.9 Å². The van der Waals surface area contributed by atoms with Crippen LogP contribution in [0, 0.1) is 52.3 Å². The fourth-order valence-corrected chi connectivity index (χ4v) is 9.76. The monoisotopic (exact) mass is 477 g/mol. The zero-order valence-electron chi connectivity index (χ0n) is 21.6. The Morgan fingerprint density at radius 1 is 1.00 bits per heavy atom. The second-order valence-corrected chi connectivity index (χ2v) is 12.8. The summed E-state index contributed by atoms with van der Waals surface area (Å²) in [6.45, 7) is 9.10. The molecule has 4 aliphatic rings. The van der Waals surface area contributed by atoms with Gasteiger partial charge in [0.05, 0.1) is 12.2 Å². The number of carbonyl (C=O) groups excluding carboxylic acids is 1. The van der Waals surface area contributed by atoms with Gasteiger partial charge in [-0.2, -0.15) is 0 Å². The van der Waals surface area contributed by atoms with Crippen LogP contribution < -0.4 is 5.32 Å². The molecule has 4 aliphatic carbocycles. The molecule has 6 nitrogen and oxygen atoms in total. The van der Waals surface area contributed by atoms with E-state index in [0.29, 0.717) is 41.9 Å². The molecule has 0 aromatic carbocycles. The van der Waals surface area contributed by atoms with Crippen molar-refractivity contribution in [3.8, 4) is 0 Å². The van der Waals surface area contributed by atoms with Crippen LogP contribution in [0.1, 0.15) is 91.9 Å². The van der Waals surface area contributed by atoms with Crippen molar-refractivity contribution in [1.29, 1.82) is 0 Å². The van der Waals surface area contributed by atoms with Gasteiger partial charge < -0.3 is 20.6 Å². The van der Waals surface area contributed by atoms with E-state index in [1.807, 2.05) is 0 Å².